The molecule has 0 aromatic heterocycles. The second-order valence-electron chi connectivity index (χ2n) is 2.49. The Morgan fingerprint density at radius 2 is 2.40 bits per heavy atom. The summed E-state index contributed by atoms with van der Waals surface area (Å²) in [7, 11) is 0. The number of rotatable bonds is 1. The van der Waals surface area contributed by atoms with Gasteiger partial charge in [-0.25, -0.2) is 0 Å². The van der Waals surface area contributed by atoms with Crippen molar-refractivity contribution in [1.29, 1.82) is 0 Å². The smallest absolute Gasteiger partial charge is 0.0437 e. The van der Waals surface area contributed by atoms with Crippen molar-refractivity contribution in [2.45, 2.75) is 19.8 Å². The average Bonchev–Trinajstić information content (AvgIpc) is 1.88. The van der Waals surface area contributed by atoms with Crippen LogP contribution >= 0.6 is 11.6 Å². The van der Waals surface area contributed by atoms with E-state index in [9.17, 15) is 0 Å². The Kier molecular flexibility index (Phi) is 2.34. The molecule has 0 unspecified atom stereocenters. The van der Waals surface area contributed by atoms with Gasteiger partial charge in [-0.1, -0.05) is 35.9 Å². The van der Waals surface area contributed by atoms with Gasteiger partial charge in [0.25, 0.3) is 0 Å². The van der Waals surface area contributed by atoms with E-state index in [1.54, 1.807) is 0 Å². The second-order valence-corrected chi connectivity index (χ2v) is 2.90. The van der Waals surface area contributed by atoms with Gasteiger partial charge in [0.1, 0.15) is 0 Å². The van der Waals surface area contributed by atoms with Gasteiger partial charge in [0.05, 0.1) is 0 Å². The van der Waals surface area contributed by atoms with E-state index in [4.69, 9.17) is 11.6 Å². The van der Waals surface area contributed by atoms with Gasteiger partial charge in [-0.3, -0.25) is 0 Å². The van der Waals surface area contributed by atoms with Gasteiger partial charge in [0, 0.05) is 5.03 Å². The van der Waals surface area contributed by atoms with Crippen LogP contribution in [0.5, 0.6) is 0 Å². The van der Waals surface area contributed by atoms with E-state index >= 15 is 0 Å². The second kappa shape index (κ2) is 3.07. The van der Waals surface area contributed by atoms with Crippen LogP contribution in [0, 0.1) is 0 Å². The Bertz CT molecular complexity index is 209. The molecule has 1 rings (SSSR count). The molecule has 0 saturated carbocycles. The Labute approximate surface area is 66.9 Å². The molecular formula is C9H11Cl. The highest BCUT2D eigenvalue weighted by Crippen LogP contribution is 2.27. The maximum Gasteiger partial charge on any atom is 0.0437 e. The zero-order valence-corrected chi connectivity index (χ0v) is 6.91. The minimum atomic E-state index is 0.860. The fraction of sp³-hybridized carbons (Fsp3) is 0.333. The lowest BCUT2D eigenvalue weighted by molar-refractivity contribution is 0.944. The van der Waals surface area contributed by atoms with Crippen molar-refractivity contribution in [3.8, 4) is 0 Å². The Hall–Kier alpha value is -0.490. The van der Waals surface area contributed by atoms with E-state index in [1.807, 2.05) is 12.2 Å². The summed E-state index contributed by atoms with van der Waals surface area (Å²) in [5.41, 5.74) is 2.47. The summed E-state index contributed by atoms with van der Waals surface area (Å²) in [4.78, 5) is 0. The first-order chi connectivity index (χ1) is 4.75. The Balaban J connectivity index is 2.97. The van der Waals surface area contributed by atoms with Crippen molar-refractivity contribution in [1.82, 2.24) is 0 Å². The van der Waals surface area contributed by atoms with Crippen LogP contribution < -0.4 is 0 Å². The van der Waals surface area contributed by atoms with Crippen molar-refractivity contribution in [3.05, 3.63) is 34.9 Å². The van der Waals surface area contributed by atoms with E-state index in [1.165, 1.54) is 5.57 Å². The number of hydrogen-bond acceptors (Lipinski definition) is 0. The van der Waals surface area contributed by atoms with Crippen LogP contribution in [-0.2, 0) is 0 Å². The predicted molar refractivity (Wildman–Crippen MR) is 46.1 cm³/mol. The highest BCUT2D eigenvalue weighted by Gasteiger charge is 2.06. The Morgan fingerprint density at radius 3 is 2.80 bits per heavy atom. The monoisotopic (exact) mass is 154 g/mol. The standard InChI is InChI=1S/C9H11Cl/c1-3-8-7(2)5-4-6-9(8)10/h3,6H,1,4-5H2,2H3. The largest absolute Gasteiger partial charge is 0.0984 e. The lowest BCUT2D eigenvalue weighted by Gasteiger charge is -2.11. The average molecular weight is 155 g/mol. The normalized spacial score (nSPS) is 18.8. The summed E-state index contributed by atoms with van der Waals surface area (Å²) in [6, 6.07) is 0. The summed E-state index contributed by atoms with van der Waals surface area (Å²) in [6.07, 6.45) is 6.07. The summed E-state index contributed by atoms with van der Waals surface area (Å²) in [6.45, 7) is 5.81. The number of allylic oxidation sites excluding steroid dienone is 5. The zero-order chi connectivity index (χ0) is 7.56. The van der Waals surface area contributed by atoms with Crippen LogP contribution in [0.3, 0.4) is 0 Å². The van der Waals surface area contributed by atoms with Gasteiger partial charge >= 0.3 is 0 Å². The molecule has 10 heavy (non-hydrogen) atoms. The number of halogens is 1. The quantitative estimate of drug-likeness (QED) is 0.543. The molecule has 0 spiro atoms. The third kappa shape index (κ3) is 1.32. The molecule has 0 radical (unpaired) electrons. The van der Waals surface area contributed by atoms with Crippen molar-refractivity contribution in [3.63, 3.8) is 0 Å². The van der Waals surface area contributed by atoms with E-state index in [-0.39, 0.29) is 0 Å². The highest BCUT2D eigenvalue weighted by atomic mass is 35.5. The van der Waals surface area contributed by atoms with Gasteiger partial charge in [-0.15, -0.1) is 0 Å². The van der Waals surface area contributed by atoms with E-state index in [2.05, 4.69) is 13.5 Å². The summed E-state index contributed by atoms with van der Waals surface area (Å²) < 4.78 is 0. The molecule has 0 aromatic carbocycles. The molecule has 0 atom stereocenters. The molecule has 0 bridgehead atoms. The summed E-state index contributed by atoms with van der Waals surface area (Å²) >= 11 is 5.91. The van der Waals surface area contributed by atoms with Gasteiger partial charge < -0.3 is 0 Å². The van der Waals surface area contributed by atoms with Gasteiger partial charge in [-0.2, -0.15) is 0 Å². The maximum absolute atomic E-state index is 5.91. The van der Waals surface area contributed by atoms with Crippen LogP contribution in [0.1, 0.15) is 19.8 Å². The lowest BCUT2D eigenvalue weighted by atomic mass is 9.99. The first-order valence-corrected chi connectivity index (χ1v) is 3.81. The van der Waals surface area contributed by atoms with Gasteiger partial charge in [0.15, 0.2) is 0 Å². The van der Waals surface area contributed by atoms with Gasteiger partial charge in [0.2, 0.25) is 0 Å². The van der Waals surface area contributed by atoms with Crippen molar-refractivity contribution >= 4 is 11.6 Å². The first kappa shape index (κ1) is 7.62. The molecule has 1 aliphatic rings. The Morgan fingerprint density at radius 1 is 1.70 bits per heavy atom. The van der Waals surface area contributed by atoms with Crippen molar-refractivity contribution in [2.75, 3.05) is 0 Å². The third-order valence-corrected chi connectivity index (χ3v) is 2.12. The molecule has 0 fully saturated rings. The molecule has 0 amide bonds. The first-order valence-electron chi connectivity index (χ1n) is 3.44. The maximum atomic E-state index is 5.91. The lowest BCUT2D eigenvalue weighted by Crippen LogP contribution is -1.91. The van der Waals surface area contributed by atoms with Crippen LogP contribution in [0.25, 0.3) is 0 Å². The molecule has 0 nitrogen and oxygen atoms in total. The summed E-state index contributed by atoms with van der Waals surface area (Å²) in [5, 5.41) is 0.860. The van der Waals surface area contributed by atoms with Crippen LogP contribution in [-0.4, -0.2) is 0 Å². The molecular weight excluding hydrogens is 144 g/mol. The zero-order valence-electron chi connectivity index (χ0n) is 6.15. The van der Waals surface area contributed by atoms with E-state index < -0.39 is 0 Å². The fourth-order valence-electron chi connectivity index (χ4n) is 1.14. The number of hydrogen-bond donors (Lipinski definition) is 0. The molecule has 0 saturated heterocycles. The molecule has 0 aromatic rings. The SMILES string of the molecule is C=CC1=C(C)CCC=C1Cl. The topological polar surface area (TPSA) is 0 Å². The molecule has 0 heterocycles. The summed E-state index contributed by atoms with van der Waals surface area (Å²) in [5.74, 6) is 0. The van der Waals surface area contributed by atoms with E-state index in [0.29, 0.717) is 0 Å². The molecule has 0 aliphatic heterocycles. The predicted octanol–water partition coefficient (Wildman–Crippen LogP) is 3.41. The molecule has 1 aliphatic carbocycles. The van der Waals surface area contributed by atoms with Crippen LogP contribution in [0.2, 0.25) is 0 Å². The molecule has 0 N–H and O–H groups in total. The van der Waals surface area contributed by atoms with Crippen LogP contribution in [0.4, 0.5) is 0 Å². The third-order valence-electron chi connectivity index (χ3n) is 1.76. The van der Waals surface area contributed by atoms with Crippen LogP contribution in [0.15, 0.2) is 34.9 Å². The van der Waals surface area contributed by atoms with Gasteiger partial charge in [-0.05, 0) is 25.3 Å². The van der Waals surface area contributed by atoms with E-state index in [0.717, 1.165) is 23.4 Å². The minimum absolute atomic E-state index is 0.860. The molecule has 1 heteroatoms. The molecule has 54 valence electrons. The van der Waals surface area contributed by atoms with Crippen molar-refractivity contribution < 1.29 is 0 Å². The van der Waals surface area contributed by atoms with Crippen molar-refractivity contribution in [2.24, 2.45) is 0 Å². The highest BCUT2D eigenvalue weighted by molar-refractivity contribution is 6.32. The minimum Gasteiger partial charge on any atom is -0.0984 e. The fourth-order valence-corrected chi connectivity index (χ4v) is 1.48.